The molecular weight excluding hydrogens is 318 g/mol. The Morgan fingerprint density at radius 3 is 2.40 bits per heavy atom. The minimum absolute atomic E-state index is 0.0523. The minimum Gasteiger partial charge on any atom is -0.484 e. The second-order valence-corrected chi connectivity index (χ2v) is 6.21. The maximum atomic E-state index is 12.0. The summed E-state index contributed by atoms with van der Waals surface area (Å²) in [7, 11) is 2.11. The molecule has 0 unspecified atom stereocenters. The molecule has 1 aromatic heterocycles. The van der Waals surface area contributed by atoms with E-state index in [0.29, 0.717) is 17.4 Å². The summed E-state index contributed by atoms with van der Waals surface area (Å²) < 4.78 is 5.46. The van der Waals surface area contributed by atoms with E-state index in [0.717, 1.165) is 31.7 Å². The Morgan fingerprint density at radius 1 is 1.12 bits per heavy atom. The first-order chi connectivity index (χ1) is 12.1. The van der Waals surface area contributed by atoms with E-state index < -0.39 is 0 Å². The zero-order valence-corrected chi connectivity index (χ0v) is 14.6. The fourth-order valence-corrected chi connectivity index (χ4v) is 2.54. The second-order valence-electron chi connectivity index (χ2n) is 6.21. The van der Waals surface area contributed by atoms with Crippen LogP contribution in [0.2, 0.25) is 0 Å². The van der Waals surface area contributed by atoms with Gasteiger partial charge >= 0.3 is 0 Å². The number of benzene rings is 1. The summed E-state index contributed by atoms with van der Waals surface area (Å²) in [5.41, 5.74) is 1.71. The predicted octanol–water partition coefficient (Wildman–Crippen LogP) is 1.55. The molecule has 1 aromatic carbocycles. The van der Waals surface area contributed by atoms with Gasteiger partial charge in [-0.1, -0.05) is 17.7 Å². The van der Waals surface area contributed by atoms with Crippen LogP contribution in [0.4, 0.5) is 11.6 Å². The number of nitrogens with zero attached hydrogens (tertiary/aromatic N) is 4. The van der Waals surface area contributed by atoms with Gasteiger partial charge in [0.15, 0.2) is 6.61 Å². The Bertz CT molecular complexity index is 694. The van der Waals surface area contributed by atoms with Crippen molar-refractivity contribution in [2.45, 2.75) is 6.92 Å². The van der Waals surface area contributed by atoms with Gasteiger partial charge in [0.05, 0.1) is 18.1 Å². The van der Waals surface area contributed by atoms with Crippen LogP contribution in [0.1, 0.15) is 5.56 Å². The van der Waals surface area contributed by atoms with E-state index in [1.54, 1.807) is 12.4 Å². The van der Waals surface area contributed by atoms with Crippen molar-refractivity contribution < 1.29 is 9.53 Å². The Labute approximate surface area is 147 Å². The SMILES string of the molecule is Cc1ccc(OCC(=O)Nc2cnc(N3CCN(C)CC3)nc2)cc1. The van der Waals surface area contributed by atoms with E-state index in [1.165, 1.54) is 0 Å². The number of carbonyl (C=O) groups excluding carboxylic acids is 1. The summed E-state index contributed by atoms with van der Waals surface area (Å²) >= 11 is 0. The number of piperazine rings is 1. The molecule has 3 rings (SSSR count). The van der Waals surface area contributed by atoms with Crippen LogP contribution < -0.4 is 15.0 Å². The van der Waals surface area contributed by atoms with Crippen LogP contribution in [0.25, 0.3) is 0 Å². The molecule has 0 atom stereocenters. The Kier molecular flexibility index (Phi) is 5.45. The second kappa shape index (κ2) is 7.94. The number of aryl methyl sites for hydroxylation is 1. The molecule has 132 valence electrons. The van der Waals surface area contributed by atoms with Crippen LogP contribution in [-0.2, 0) is 4.79 Å². The lowest BCUT2D eigenvalue weighted by Gasteiger charge is -2.32. The molecule has 1 N–H and O–H groups in total. The molecule has 1 aliphatic rings. The summed E-state index contributed by atoms with van der Waals surface area (Å²) in [6.07, 6.45) is 3.26. The van der Waals surface area contributed by atoms with Gasteiger partial charge in [-0.05, 0) is 26.1 Å². The van der Waals surface area contributed by atoms with Gasteiger partial charge in [0.25, 0.3) is 5.91 Å². The number of amides is 1. The maximum absolute atomic E-state index is 12.0. The maximum Gasteiger partial charge on any atom is 0.262 e. The van der Waals surface area contributed by atoms with Gasteiger partial charge < -0.3 is 19.9 Å². The van der Waals surface area contributed by atoms with Gasteiger partial charge in [-0.15, -0.1) is 0 Å². The van der Waals surface area contributed by atoms with Crippen LogP contribution in [0, 0.1) is 6.92 Å². The summed E-state index contributed by atoms with van der Waals surface area (Å²) in [5, 5.41) is 2.75. The Balaban J connectivity index is 1.49. The van der Waals surface area contributed by atoms with Gasteiger partial charge in [-0.3, -0.25) is 4.79 Å². The van der Waals surface area contributed by atoms with Gasteiger partial charge in [0.2, 0.25) is 5.95 Å². The van der Waals surface area contributed by atoms with Crippen LogP contribution in [0.15, 0.2) is 36.7 Å². The predicted molar refractivity (Wildman–Crippen MR) is 97.0 cm³/mol. The van der Waals surface area contributed by atoms with Gasteiger partial charge in [0.1, 0.15) is 5.75 Å². The van der Waals surface area contributed by atoms with Crippen molar-refractivity contribution in [3.8, 4) is 5.75 Å². The zero-order valence-electron chi connectivity index (χ0n) is 14.6. The number of aromatic nitrogens is 2. The number of likely N-dealkylation sites (N-methyl/N-ethyl adjacent to an activating group) is 1. The molecule has 0 bridgehead atoms. The van der Waals surface area contributed by atoms with Crippen LogP contribution in [-0.4, -0.2) is 60.6 Å². The Morgan fingerprint density at radius 2 is 1.76 bits per heavy atom. The number of hydrogen-bond donors (Lipinski definition) is 1. The molecule has 7 nitrogen and oxygen atoms in total. The van der Waals surface area contributed by atoms with Crippen molar-refractivity contribution in [3.05, 3.63) is 42.2 Å². The lowest BCUT2D eigenvalue weighted by atomic mass is 10.2. The van der Waals surface area contributed by atoms with E-state index in [-0.39, 0.29) is 12.5 Å². The molecule has 25 heavy (non-hydrogen) atoms. The highest BCUT2D eigenvalue weighted by Gasteiger charge is 2.16. The third kappa shape index (κ3) is 4.90. The van der Waals surface area contributed by atoms with Crippen molar-refractivity contribution in [1.82, 2.24) is 14.9 Å². The molecule has 0 aliphatic carbocycles. The third-order valence-corrected chi connectivity index (χ3v) is 4.10. The van der Waals surface area contributed by atoms with E-state index in [4.69, 9.17) is 4.74 Å². The molecule has 0 radical (unpaired) electrons. The van der Waals surface area contributed by atoms with E-state index >= 15 is 0 Å². The molecule has 1 saturated heterocycles. The molecule has 0 saturated carbocycles. The fraction of sp³-hybridized carbons (Fsp3) is 0.389. The lowest BCUT2D eigenvalue weighted by Crippen LogP contribution is -2.45. The first kappa shape index (κ1) is 17.2. The highest BCUT2D eigenvalue weighted by Crippen LogP contribution is 2.13. The number of anilines is 2. The van der Waals surface area contributed by atoms with Gasteiger partial charge in [0, 0.05) is 26.2 Å². The summed E-state index contributed by atoms with van der Waals surface area (Å²) in [6, 6.07) is 7.57. The van der Waals surface area contributed by atoms with Crippen LogP contribution in [0.3, 0.4) is 0 Å². The molecule has 7 heteroatoms. The van der Waals surface area contributed by atoms with Gasteiger partial charge in [-0.25, -0.2) is 9.97 Å². The Hall–Kier alpha value is -2.67. The molecular formula is C18H23N5O2. The number of nitrogens with one attached hydrogen (secondary N) is 1. The standard InChI is InChI=1S/C18H23N5O2/c1-14-3-5-16(6-4-14)25-13-17(24)21-15-11-19-18(20-12-15)23-9-7-22(2)8-10-23/h3-6,11-12H,7-10,13H2,1-2H3,(H,21,24). The largest absolute Gasteiger partial charge is 0.484 e. The lowest BCUT2D eigenvalue weighted by molar-refractivity contribution is -0.118. The van der Waals surface area contributed by atoms with Gasteiger partial charge in [-0.2, -0.15) is 0 Å². The van der Waals surface area contributed by atoms with Crippen molar-refractivity contribution in [3.63, 3.8) is 0 Å². The van der Waals surface area contributed by atoms with E-state index in [1.807, 2.05) is 31.2 Å². The molecule has 1 fully saturated rings. The summed E-state index contributed by atoms with van der Waals surface area (Å²) in [5.74, 6) is 1.13. The topological polar surface area (TPSA) is 70.6 Å². The zero-order chi connectivity index (χ0) is 17.6. The number of carbonyl (C=O) groups is 1. The molecule has 2 heterocycles. The van der Waals surface area contributed by atoms with Crippen molar-refractivity contribution in [1.29, 1.82) is 0 Å². The fourth-order valence-electron chi connectivity index (χ4n) is 2.54. The van der Waals surface area contributed by atoms with E-state index in [2.05, 4.69) is 32.1 Å². The van der Waals surface area contributed by atoms with Crippen LogP contribution >= 0.6 is 0 Å². The molecule has 1 amide bonds. The molecule has 2 aromatic rings. The quantitative estimate of drug-likeness (QED) is 0.890. The first-order valence-electron chi connectivity index (χ1n) is 8.35. The summed E-state index contributed by atoms with van der Waals surface area (Å²) in [6.45, 7) is 5.77. The average molecular weight is 341 g/mol. The number of rotatable bonds is 5. The van der Waals surface area contributed by atoms with E-state index in [9.17, 15) is 4.79 Å². The summed E-state index contributed by atoms with van der Waals surface area (Å²) in [4.78, 5) is 25.1. The molecule has 1 aliphatic heterocycles. The average Bonchev–Trinajstić information content (AvgIpc) is 2.63. The normalized spacial score (nSPS) is 15.0. The smallest absolute Gasteiger partial charge is 0.262 e. The third-order valence-electron chi connectivity index (χ3n) is 4.10. The van der Waals surface area contributed by atoms with Crippen LogP contribution in [0.5, 0.6) is 5.75 Å². The van der Waals surface area contributed by atoms with Crippen molar-refractivity contribution in [2.24, 2.45) is 0 Å². The highest BCUT2D eigenvalue weighted by molar-refractivity contribution is 5.91. The minimum atomic E-state index is -0.239. The molecule has 0 spiro atoms. The number of ether oxygens (including phenoxy) is 1. The van der Waals surface area contributed by atoms with Crippen molar-refractivity contribution >= 4 is 17.5 Å². The van der Waals surface area contributed by atoms with Crippen molar-refractivity contribution in [2.75, 3.05) is 50.1 Å². The first-order valence-corrected chi connectivity index (χ1v) is 8.35. The monoisotopic (exact) mass is 341 g/mol. The number of hydrogen-bond acceptors (Lipinski definition) is 6. The highest BCUT2D eigenvalue weighted by atomic mass is 16.5.